The lowest BCUT2D eigenvalue weighted by molar-refractivity contribution is 0.804. The second-order valence-corrected chi connectivity index (χ2v) is 4.99. The van der Waals surface area contributed by atoms with Gasteiger partial charge in [-0.05, 0) is 18.2 Å². The minimum atomic E-state index is 0.569. The molecular weight excluding hydrogens is 208 g/mol. The average molecular weight is 224 g/mol. The van der Waals surface area contributed by atoms with Gasteiger partial charge in [0.15, 0.2) is 0 Å². The summed E-state index contributed by atoms with van der Waals surface area (Å²) in [6.45, 7) is 0. The third kappa shape index (κ3) is 2.75. The molecule has 1 atom stereocenters. The zero-order chi connectivity index (χ0) is 10.7. The maximum Gasteiger partial charge on any atom is 0.226 e. The lowest BCUT2D eigenvalue weighted by Gasteiger charge is -2.14. The highest BCUT2D eigenvalue weighted by molar-refractivity contribution is 7.99. The van der Waals surface area contributed by atoms with Crippen LogP contribution in [0.3, 0.4) is 0 Å². The van der Waals surface area contributed by atoms with Crippen LogP contribution in [0.5, 0.6) is 0 Å². The molecule has 0 bridgehead atoms. The van der Waals surface area contributed by atoms with Crippen LogP contribution in [0.15, 0.2) is 12.3 Å². The fourth-order valence-corrected chi connectivity index (χ4v) is 2.65. The minimum absolute atomic E-state index is 0.569. The fraction of sp³-hybridized carbons (Fsp3) is 0.600. The van der Waals surface area contributed by atoms with Crippen LogP contribution in [0.2, 0.25) is 0 Å². The molecule has 15 heavy (non-hydrogen) atoms. The van der Waals surface area contributed by atoms with Crippen molar-refractivity contribution in [3.63, 3.8) is 0 Å². The quantitative estimate of drug-likeness (QED) is 0.842. The Morgan fingerprint density at radius 2 is 2.40 bits per heavy atom. The topological polar surface area (TPSA) is 41.1 Å². The monoisotopic (exact) mass is 224 g/mol. The van der Waals surface area contributed by atoms with Crippen LogP contribution in [0.4, 0.5) is 11.8 Å². The molecule has 1 aliphatic rings. The van der Waals surface area contributed by atoms with Crippen LogP contribution >= 0.6 is 11.8 Å². The van der Waals surface area contributed by atoms with Crippen LogP contribution in [0.1, 0.15) is 6.42 Å². The summed E-state index contributed by atoms with van der Waals surface area (Å²) in [4.78, 5) is 10.5. The van der Waals surface area contributed by atoms with E-state index < -0.39 is 0 Å². The zero-order valence-corrected chi connectivity index (χ0v) is 9.92. The summed E-state index contributed by atoms with van der Waals surface area (Å²) in [7, 11) is 3.90. The highest BCUT2D eigenvalue weighted by Gasteiger charge is 2.15. The highest BCUT2D eigenvalue weighted by Crippen LogP contribution is 2.20. The van der Waals surface area contributed by atoms with Crippen LogP contribution in [0, 0.1) is 0 Å². The van der Waals surface area contributed by atoms with E-state index in [4.69, 9.17) is 0 Å². The third-order valence-electron chi connectivity index (χ3n) is 2.32. The summed E-state index contributed by atoms with van der Waals surface area (Å²) in [6, 6.07) is 2.50. The number of anilines is 2. The van der Waals surface area contributed by atoms with E-state index in [0.717, 1.165) is 11.8 Å². The standard InChI is InChI=1S/C10H16N4S/c1-14(2)10-11-5-3-9(13-10)12-8-4-6-15-7-8/h3,5,8H,4,6-7H2,1-2H3,(H,11,12,13). The van der Waals surface area contributed by atoms with Gasteiger partial charge in [0.05, 0.1) is 0 Å². The Bertz CT molecular complexity index is 323. The van der Waals surface area contributed by atoms with Gasteiger partial charge in [-0.2, -0.15) is 16.7 Å². The van der Waals surface area contributed by atoms with Crippen molar-refractivity contribution >= 4 is 23.5 Å². The molecule has 0 radical (unpaired) electrons. The molecule has 1 aromatic rings. The van der Waals surface area contributed by atoms with Gasteiger partial charge in [0, 0.05) is 32.1 Å². The number of thioether (sulfide) groups is 1. The van der Waals surface area contributed by atoms with Gasteiger partial charge in [0.1, 0.15) is 5.82 Å². The van der Waals surface area contributed by atoms with E-state index in [-0.39, 0.29) is 0 Å². The normalized spacial score (nSPS) is 20.3. The molecule has 0 aliphatic carbocycles. The number of hydrogen-bond acceptors (Lipinski definition) is 5. The number of rotatable bonds is 3. The van der Waals surface area contributed by atoms with Crippen LogP contribution in [-0.4, -0.2) is 41.6 Å². The average Bonchev–Trinajstić information content (AvgIpc) is 2.71. The first kappa shape index (κ1) is 10.5. The number of aromatic nitrogens is 2. The van der Waals surface area contributed by atoms with E-state index in [0.29, 0.717) is 6.04 Å². The Morgan fingerprint density at radius 1 is 1.53 bits per heavy atom. The molecule has 0 aromatic carbocycles. The number of nitrogens with zero attached hydrogens (tertiary/aromatic N) is 3. The lowest BCUT2D eigenvalue weighted by atomic mass is 10.2. The van der Waals surface area contributed by atoms with Gasteiger partial charge in [-0.15, -0.1) is 0 Å². The SMILES string of the molecule is CN(C)c1nccc(NC2CCSC2)n1. The van der Waals surface area contributed by atoms with Crippen LogP contribution < -0.4 is 10.2 Å². The summed E-state index contributed by atoms with van der Waals surface area (Å²) in [5.74, 6) is 4.12. The Morgan fingerprint density at radius 3 is 3.07 bits per heavy atom. The molecule has 1 fully saturated rings. The smallest absolute Gasteiger partial charge is 0.226 e. The first-order valence-electron chi connectivity index (χ1n) is 5.10. The molecular formula is C10H16N4S. The summed E-state index contributed by atoms with van der Waals surface area (Å²) >= 11 is 2.00. The van der Waals surface area contributed by atoms with Crippen LogP contribution in [-0.2, 0) is 0 Å². The van der Waals surface area contributed by atoms with E-state index >= 15 is 0 Å². The first-order valence-corrected chi connectivity index (χ1v) is 6.26. The lowest BCUT2D eigenvalue weighted by Crippen LogP contribution is -2.20. The van der Waals surface area contributed by atoms with Crippen molar-refractivity contribution in [1.29, 1.82) is 0 Å². The fourth-order valence-electron chi connectivity index (χ4n) is 1.50. The summed E-state index contributed by atoms with van der Waals surface area (Å²) in [5, 5.41) is 3.44. The van der Waals surface area contributed by atoms with Gasteiger partial charge in [-0.1, -0.05) is 0 Å². The van der Waals surface area contributed by atoms with E-state index in [1.807, 2.05) is 36.8 Å². The van der Waals surface area contributed by atoms with Crippen molar-refractivity contribution in [2.45, 2.75) is 12.5 Å². The first-order chi connectivity index (χ1) is 7.25. The van der Waals surface area contributed by atoms with E-state index in [1.165, 1.54) is 17.9 Å². The van der Waals surface area contributed by atoms with Crippen molar-refractivity contribution < 1.29 is 0 Å². The Hall–Kier alpha value is -0.970. The van der Waals surface area contributed by atoms with Gasteiger partial charge in [-0.25, -0.2) is 4.98 Å². The van der Waals surface area contributed by atoms with Crippen molar-refractivity contribution in [2.24, 2.45) is 0 Å². The van der Waals surface area contributed by atoms with Gasteiger partial charge in [-0.3, -0.25) is 0 Å². The van der Waals surface area contributed by atoms with Crippen molar-refractivity contribution in [3.8, 4) is 0 Å². The second kappa shape index (κ2) is 4.70. The number of hydrogen-bond donors (Lipinski definition) is 1. The highest BCUT2D eigenvalue weighted by atomic mass is 32.2. The van der Waals surface area contributed by atoms with E-state index in [9.17, 15) is 0 Å². The molecule has 0 amide bonds. The molecule has 4 nitrogen and oxygen atoms in total. The minimum Gasteiger partial charge on any atom is -0.366 e. The molecule has 1 unspecified atom stereocenters. The van der Waals surface area contributed by atoms with Gasteiger partial charge >= 0.3 is 0 Å². The predicted octanol–water partition coefficient (Wildman–Crippen LogP) is 1.46. The zero-order valence-electron chi connectivity index (χ0n) is 9.10. The molecule has 2 heterocycles. The molecule has 2 rings (SSSR count). The summed E-state index contributed by atoms with van der Waals surface area (Å²) in [6.07, 6.45) is 3.03. The molecule has 1 aromatic heterocycles. The van der Waals surface area contributed by atoms with Crippen LogP contribution in [0.25, 0.3) is 0 Å². The Labute approximate surface area is 94.5 Å². The molecule has 0 saturated carbocycles. The second-order valence-electron chi connectivity index (χ2n) is 3.84. The molecule has 1 saturated heterocycles. The molecule has 1 N–H and O–H groups in total. The maximum absolute atomic E-state index is 4.43. The number of nitrogens with one attached hydrogen (secondary N) is 1. The molecule has 1 aliphatic heterocycles. The Kier molecular flexibility index (Phi) is 3.30. The third-order valence-corrected chi connectivity index (χ3v) is 3.49. The Balaban J connectivity index is 2.04. The summed E-state index contributed by atoms with van der Waals surface area (Å²) < 4.78 is 0. The van der Waals surface area contributed by atoms with Crippen molar-refractivity contribution in [3.05, 3.63) is 12.3 Å². The van der Waals surface area contributed by atoms with Gasteiger partial charge < -0.3 is 10.2 Å². The largest absolute Gasteiger partial charge is 0.366 e. The molecule has 82 valence electrons. The van der Waals surface area contributed by atoms with Gasteiger partial charge in [0.2, 0.25) is 5.95 Å². The molecule has 0 spiro atoms. The van der Waals surface area contributed by atoms with Crippen molar-refractivity contribution in [1.82, 2.24) is 9.97 Å². The maximum atomic E-state index is 4.43. The van der Waals surface area contributed by atoms with E-state index in [1.54, 1.807) is 6.20 Å². The predicted molar refractivity (Wildman–Crippen MR) is 65.7 cm³/mol. The van der Waals surface area contributed by atoms with E-state index in [2.05, 4.69) is 15.3 Å². The van der Waals surface area contributed by atoms with Gasteiger partial charge in [0.25, 0.3) is 0 Å². The summed E-state index contributed by atoms with van der Waals surface area (Å²) in [5.41, 5.74) is 0. The molecule has 5 heteroatoms. The van der Waals surface area contributed by atoms with Crippen molar-refractivity contribution in [2.75, 3.05) is 35.8 Å².